The van der Waals surface area contributed by atoms with E-state index in [1.165, 1.54) is 12.3 Å². The van der Waals surface area contributed by atoms with Crippen LogP contribution < -0.4 is 14.9 Å². The molecule has 0 aromatic heterocycles. The second-order valence-corrected chi connectivity index (χ2v) is 6.71. The van der Waals surface area contributed by atoms with Gasteiger partial charge in [-0.3, -0.25) is 4.79 Å². The maximum atomic E-state index is 12.4. The molecule has 6 nitrogen and oxygen atoms in total. The minimum Gasteiger partial charge on any atom is -0.507 e. The number of hydrazone groups is 1. The van der Waals surface area contributed by atoms with Crippen LogP contribution in [-0.2, 0) is 6.61 Å². The summed E-state index contributed by atoms with van der Waals surface area (Å²) in [6.07, 6.45) is 1.32. The molecule has 0 radical (unpaired) electrons. The van der Waals surface area contributed by atoms with E-state index in [0.29, 0.717) is 40.9 Å². The Balaban J connectivity index is 1.68. The normalized spacial score (nSPS) is 10.7. The summed E-state index contributed by atoms with van der Waals surface area (Å²) in [7, 11) is 0. The molecule has 0 bridgehead atoms. The van der Waals surface area contributed by atoms with Crippen LogP contribution in [-0.4, -0.2) is 23.8 Å². The first-order chi connectivity index (χ1) is 14.6. The Morgan fingerprint density at radius 3 is 2.63 bits per heavy atom. The summed E-state index contributed by atoms with van der Waals surface area (Å²) in [5.41, 5.74) is 4.20. The van der Waals surface area contributed by atoms with E-state index in [1.54, 1.807) is 30.3 Å². The van der Waals surface area contributed by atoms with Gasteiger partial charge in [0.1, 0.15) is 12.4 Å². The van der Waals surface area contributed by atoms with Gasteiger partial charge in [-0.25, -0.2) is 5.43 Å². The van der Waals surface area contributed by atoms with Crippen molar-refractivity contribution < 1.29 is 19.4 Å². The van der Waals surface area contributed by atoms with Crippen LogP contribution in [0.4, 0.5) is 0 Å². The topological polar surface area (TPSA) is 80.2 Å². The number of amides is 1. The van der Waals surface area contributed by atoms with Crippen LogP contribution in [0.2, 0.25) is 5.02 Å². The Bertz CT molecular complexity index is 1040. The van der Waals surface area contributed by atoms with Crippen LogP contribution in [0.3, 0.4) is 0 Å². The van der Waals surface area contributed by atoms with Gasteiger partial charge in [-0.05, 0) is 48.9 Å². The number of phenols is 1. The lowest BCUT2D eigenvalue weighted by Gasteiger charge is -2.13. The summed E-state index contributed by atoms with van der Waals surface area (Å²) in [4.78, 5) is 12.4. The standard InChI is InChI=1S/C23H21ClN2O4/c1-2-29-22-13-17(8-11-21(22)30-15-16-6-4-3-5-7-16)23(28)26-25-14-18-12-19(24)9-10-20(18)27/h3-14,27H,2,15H2,1H3,(H,26,28)/b25-14+. The van der Waals surface area contributed by atoms with Crippen molar-refractivity contribution in [1.29, 1.82) is 0 Å². The predicted octanol–water partition coefficient (Wildman–Crippen LogP) is 4.79. The number of aromatic hydroxyl groups is 1. The molecule has 0 saturated carbocycles. The van der Waals surface area contributed by atoms with Crippen molar-refractivity contribution in [3.05, 3.63) is 88.4 Å². The number of rotatable bonds is 8. The highest BCUT2D eigenvalue weighted by atomic mass is 35.5. The Kier molecular flexibility index (Phi) is 7.29. The molecule has 0 aliphatic heterocycles. The number of nitrogens with one attached hydrogen (secondary N) is 1. The first-order valence-corrected chi connectivity index (χ1v) is 9.70. The monoisotopic (exact) mass is 424 g/mol. The van der Waals surface area contributed by atoms with E-state index in [2.05, 4.69) is 10.5 Å². The fourth-order valence-electron chi connectivity index (χ4n) is 2.63. The zero-order chi connectivity index (χ0) is 21.3. The van der Waals surface area contributed by atoms with E-state index >= 15 is 0 Å². The second kappa shape index (κ2) is 10.3. The average molecular weight is 425 g/mol. The first kappa shape index (κ1) is 21.2. The van der Waals surface area contributed by atoms with Crippen LogP contribution in [0, 0.1) is 0 Å². The quantitative estimate of drug-likeness (QED) is 0.402. The van der Waals surface area contributed by atoms with E-state index in [-0.39, 0.29) is 5.75 Å². The number of nitrogens with zero attached hydrogens (tertiary/aromatic N) is 1. The smallest absolute Gasteiger partial charge is 0.271 e. The summed E-state index contributed by atoms with van der Waals surface area (Å²) in [6.45, 7) is 2.67. The molecule has 7 heteroatoms. The number of halogens is 1. The molecule has 2 N–H and O–H groups in total. The molecule has 0 spiro atoms. The number of phenolic OH excluding ortho intramolecular Hbond substituents is 1. The third-order valence-corrected chi connectivity index (χ3v) is 4.34. The molecule has 0 atom stereocenters. The number of ether oxygens (including phenoxy) is 2. The second-order valence-electron chi connectivity index (χ2n) is 6.27. The molecule has 0 aliphatic carbocycles. The summed E-state index contributed by atoms with van der Waals surface area (Å²) in [5.74, 6) is 0.599. The average Bonchev–Trinajstić information content (AvgIpc) is 2.76. The molecule has 0 heterocycles. The van der Waals surface area contributed by atoms with Gasteiger partial charge in [0.2, 0.25) is 0 Å². The van der Waals surface area contributed by atoms with E-state index in [4.69, 9.17) is 21.1 Å². The summed E-state index contributed by atoms with van der Waals surface area (Å²) in [5, 5.41) is 14.1. The van der Waals surface area contributed by atoms with Gasteiger partial charge >= 0.3 is 0 Å². The number of hydrogen-bond acceptors (Lipinski definition) is 5. The molecule has 3 rings (SSSR count). The molecule has 0 fully saturated rings. The van der Waals surface area contributed by atoms with Crippen molar-refractivity contribution >= 4 is 23.7 Å². The molecule has 154 valence electrons. The van der Waals surface area contributed by atoms with Crippen LogP contribution in [0.15, 0.2) is 71.8 Å². The number of carbonyl (C=O) groups is 1. The van der Waals surface area contributed by atoms with Gasteiger partial charge in [0.05, 0.1) is 12.8 Å². The molecular formula is C23H21ClN2O4. The van der Waals surface area contributed by atoms with Gasteiger partial charge < -0.3 is 14.6 Å². The minimum absolute atomic E-state index is 0.0101. The number of benzene rings is 3. The molecule has 0 saturated heterocycles. The number of carbonyl (C=O) groups excluding carboxylic acids is 1. The van der Waals surface area contributed by atoms with E-state index in [9.17, 15) is 9.90 Å². The van der Waals surface area contributed by atoms with Gasteiger partial charge in [0.15, 0.2) is 11.5 Å². The van der Waals surface area contributed by atoms with Crippen LogP contribution in [0.1, 0.15) is 28.4 Å². The SMILES string of the molecule is CCOc1cc(C(=O)N/N=C/c2cc(Cl)ccc2O)ccc1OCc1ccccc1. The van der Waals surface area contributed by atoms with Gasteiger partial charge in [0, 0.05) is 16.1 Å². The lowest BCUT2D eigenvalue weighted by molar-refractivity contribution is 0.0954. The Hall–Kier alpha value is -3.51. The zero-order valence-electron chi connectivity index (χ0n) is 16.3. The van der Waals surface area contributed by atoms with Crippen molar-refractivity contribution in [2.24, 2.45) is 5.10 Å². The highest BCUT2D eigenvalue weighted by molar-refractivity contribution is 6.30. The van der Waals surface area contributed by atoms with Crippen molar-refractivity contribution in [2.75, 3.05) is 6.61 Å². The fraction of sp³-hybridized carbons (Fsp3) is 0.130. The molecule has 0 unspecified atom stereocenters. The maximum Gasteiger partial charge on any atom is 0.271 e. The lowest BCUT2D eigenvalue weighted by atomic mass is 10.2. The van der Waals surface area contributed by atoms with Crippen molar-refractivity contribution in [3.8, 4) is 17.2 Å². The lowest BCUT2D eigenvalue weighted by Crippen LogP contribution is -2.17. The molecule has 3 aromatic rings. The molecular weight excluding hydrogens is 404 g/mol. The third kappa shape index (κ3) is 5.75. The van der Waals surface area contributed by atoms with E-state index in [0.717, 1.165) is 5.56 Å². The van der Waals surface area contributed by atoms with Crippen molar-refractivity contribution in [3.63, 3.8) is 0 Å². The molecule has 3 aromatic carbocycles. The first-order valence-electron chi connectivity index (χ1n) is 9.32. The van der Waals surface area contributed by atoms with Crippen LogP contribution in [0.25, 0.3) is 0 Å². The van der Waals surface area contributed by atoms with Crippen molar-refractivity contribution in [1.82, 2.24) is 5.43 Å². The van der Waals surface area contributed by atoms with Crippen LogP contribution >= 0.6 is 11.6 Å². The van der Waals surface area contributed by atoms with Crippen LogP contribution in [0.5, 0.6) is 17.2 Å². The Morgan fingerprint density at radius 1 is 1.07 bits per heavy atom. The number of hydrogen-bond donors (Lipinski definition) is 2. The largest absolute Gasteiger partial charge is 0.507 e. The zero-order valence-corrected chi connectivity index (χ0v) is 17.1. The fourth-order valence-corrected chi connectivity index (χ4v) is 2.81. The van der Waals surface area contributed by atoms with Gasteiger partial charge in [-0.2, -0.15) is 5.10 Å². The Labute approximate surface area is 179 Å². The highest BCUT2D eigenvalue weighted by Gasteiger charge is 2.12. The predicted molar refractivity (Wildman–Crippen MR) is 117 cm³/mol. The van der Waals surface area contributed by atoms with Gasteiger partial charge in [-0.15, -0.1) is 0 Å². The molecule has 1 amide bonds. The van der Waals surface area contributed by atoms with Gasteiger partial charge in [0.25, 0.3) is 5.91 Å². The third-order valence-electron chi connectivity index (χ3n) is 4.10. The molecule has 30 heavy (non-hydrogen) atoms. The summed E-state index contributed by atoms with van der Waals surface area (Å²) >= 11 is 5.90. The maximum absolute atomic E-state index is 12.4. The highest BCUT2D eigenvalue weighted by Crippen LogP contribution is 2.29. The van der Waals surface area contributed by atoms with Crippen molar-refractivity contribution in [2.45, 2.75) is 13.5 Å². The minimum atomic E-state index is -0.427. The molecule has 0 aliphatic rings. The summed E-state index contributed by atoms with van der Waals surface area (Å²) < 4.78 is 11.5. The Morgan fingerprint density at radius 2 is 1.87 bits per heavy atom. The van der Waals surface area contributed by atoms with E-state index in [1.807, 2.05) is 37.3 Å². The summed E-state index contributed by atoms with van der Waals surface area (Å²) in [6, 6.07) is 19.2. The van der Waals surface area contributed by atoms with Gasteiger partial charge in [-0.1, -0.05) is 41.9 Å². The van der Waals surface area contributed by atoms with E-state index < -0.39 is 5.91 Å².